The average Bonchev–Trinajstić information content (AvgIpc) is 2.71. The molecule has 1 aromatic heterocycles. The van der Waals surface area contributed by atoms with E-state index in [1.807, 2.05) is 26.2 Å². The van der Waals surface area contributed by atoms with Crippen LogP contribution in [0.4, 0.5) is 4.79 Å². The largest absolute Gasteiger partial charge is 0.324 e. The molecule has 3 amide bonds. The number of nitrogens with zero attached hydrogens (tertiary/aromatic N) is 3. The maximum Gasteiger partial charge on any atom is 0.324 e. The van der Waals surface area contributed by atoms with Crippen LogP contribution in [0.5, 0.6) is 0 Å². The molecule has 1 fully saturated rings. The Labute approximate surface area is 99.6 Å². The van der Waals surface area contributed by atoms with E-state index in [0.717, 1.165) is 5.69 Å². The van der Waals surface area contributed by atoms with Gasteiger partial charge in [0, 0.05) is 20.3 Å². The Morgan fingerprint density at radius 2 is 2.18 bits per heavy atom. The fraction of sp³-hybridized carbons (Fsp3) is 0.545. The van der Waals surface area contributed by atoms with E-state index in [-0.39, 0.29) is 18.4 Å². The lowest BCUT2D eigenvalue weighted by Gasteiger charge is -2.42. The van der Waals surface area contributed by atoms with Crippen molar-refractivity contribution in [2.75, 3.05) is 7.05 Å². The number of rotatable bonds is 2. The van der Waals surface area contributed by atoms with Gasteiger partial charge in [0.05, 0.1) is 17.7 Å². The first-order valence-electron chi connectivity index (χ1n) is 5.57. The summed E-state index contributed by atoms with van der Waals surface area (Å²) in [5, 5.41) is 6.65. The predicted octanol–water partition coefficient (Wildman–Crippen LogP) is 0.597. The highest BCUT2D eigenvalue weighted by atomic mass is 16.2. The van der Waals surface area contributed by atoms with E-state index in [0.29, 0.717) is 6.42 Å². The molecule has 1 saturated heterocycles. The first-order valence-corrected chi connectivity index (χ1v) is 5.57. The number of amides is 3. The van der Waals surface area contributed by atoms with E-state index in [1.54, 1.807) is 16.6 Å². The van der Waals surface area contributed by atoms with Crippen molar-refractivity contribution in [3.8, 4) is 0 Å². The molecule has 17 heavy (non-hydrogen) atoms. The molecular weight excluding hydrogens is 220 g/mol. The van der Waals surface area contributed by atoms with E-state index >= 15 is 0 Å². The molecular formula is C11H16N4O2. The Bertz CT molecular complexity index is 468. The van der Waals surface area contributed by atoms with Crippen LogP contribution >= 0.6 is 0 Å². The summed E-state index contributed by atoms with van der Waals surface area (Å²) in [6.07, 6.45) is 2.72. The molecule has 1 aromatic rings. The summed E-state index contributed by atoms with van der Waals surface area (Å²) in [4.78, 5) is 24.9. The molecule has 6 heteroatoms. The highest BCUT2D eigenvalue weighted by Gasteiger charge is 2.45. The van der Waals surface area contributed by atoms with Crippen molar-refractivity contribution in [3.63, 3.8) is 0 Å². The van der Waals surface area contributed by atoms with Crippen molar-refractivity contribution in [2.24, 2.45) is 7.05 Å². The van der Waals surface area contributed by atoms with E-state index in [2.05, 4.69) is 10.4 Å². The standard InChI is InChI=1S/C11H16N4O2/c1-4-11(8-5-6-14(2)13-8)7-9(16)12-10(17)15(11)3/h5-6H,4,7H2,1-3H3,(H,12,16,17). The van der Waals surface area contributed by atoms with E-state index in [9.17, 15) is 9.59 Å². The number of aromatic nitrogens is 2. The Morgan fingerprint density at radius 3 is 2.71 bits per heavy atom. The quantitative estimate of drug-likeness (QED) is 0.817. The summed E-state index contributed by atoms with van der Waals surface area (Å²) in [5.41, 5.74) is 0.133. The van der Waals surface area contributed by atoms with E-state index < -0.39 is 5.54 Å². The summed E-state index contributed by atoms with van der Waals surface area (Å²) in [7, 11) is 3.51. The zero-order valence-corrected chi connectivity index (χ0v) is 10.2. The van der Waals surface area contributed by atoms with Gasteiger partial charge in [0.25, 0.3) is 0 Å². The summed E-state index contributed by atoms with van der Waals surface area (Å²) in [6, 6.07) is 1.49. The molecule has 0 spiro atoms. The average molecular weight is 236 g/mol. The van der Waals surface area contributed by atoms with Gasteiger partial charge in [0.15, 0.2) is 0 Å². The Balaban J connectivity index is 2.48. The lowest BCUT2D eigenvalue weighted by atomic mass is 9.85. The summed E-state index contributed by atoms with van der Waals surface area (Å²) < 4.78 is 1.68. The van der Waals surface area contributed by atoms with Crippen LogP contribution in [0.1, 0.15) is 25.5 Å². The van der Waals surface area contributed by atoms with Gasteiger partial charge in [-0.2, -0.15) is 5.10 Å². The van der Waals surface area contributed by atoms with Crippen LogP contribution in [0.3, 0.4) is 0 Å². The minimum absolute atomic E-state index is 0.249. The van der Waals surface area contributed by atoms with Crippen molar-refractivity contribution >= 4 is 11.9 Å². The lowest BCUT2D eigenvalue weighted by molar-refractivity contribution is -0.125. The number of hydrogen-bond donors (Lipinski definition) is 1. The van der Waals surface area contributed by atoms with Crippen molar-refractivity contribution in [3.05, 3.63) is 18.0 Å². The molecule has 0 aromatic carbocycles. The predicted molar refractivity (Wildman–Crippen MR) is 61.1 cm³/mol. The third-order valence-corrected chi connectivity index (χ3v) is 3.42. The fourth-order valence-electron chi connectivity index (χ4n) is 2.29. The molecule has 1 N–H and O–H groups in total. The van der Waals surface area contributed by atoms with Crippen molar-refractivity contribution in [1.29, 1.82) is 0 Å². The van der Waals surface area contributed by atoms with Crippen LogP contribution in [0.25, 0.3) is 0 Å². The number of imide groups is 1. The molecule has 1 aliphatic heterocycles. The number of hydrogen-bond acceptors (Lipinski definition) is 3. The summed E-state index contributed by atoms with van der Waals surface area (Å²) >= 11 is 0. The Morgan fingerprint density at radius 1 is 1.47 bits per heavy atom. The molecule has 2 rings (SSSR count). The van der Waals surface area contributed by atoms with Crippen LogP contribution in [0.15, 0.2) is 12.3 Å². The number of carbonyl (C=O) groups excluding carboxylic acids is 2. The number of urea groups is 1. The van der Waals surface area contributed by atoms with Gasteiger partial charge in [-0.1, -0.05) is 6.92 Å². The highest BCUT2D eigenvalue weighted by Crippen LogP contribution is 2.35. The van der Waals surface area contributed by atoms with Gasteiger partial charge in [-0.15, -0.1) is 0 Å². The molecule has 92 valence electrons. The fourth-order valence-corrected chi connectivity index (χ4v) is 2.29. The summed E-state index contributed by atoms with van der Waals surface area (Å²) in [6.45, 7) is 1.96. The minimum atomic E-state index is -0.624. The SMILES string of the molecule is CCC1(c2ccn(C)n2)CC(=O)NC(=O)N1C. The maximum atomic E-state index is 11.7. The first kappa shape index (κ1) is 11.6. The van der Waals surface area contributed by atoms with Gasteiger partial charge in [-0.05, 0) is 12.5 Å². The second kappa shape index (κ2) is 3.87. The molecule has 0 saturated carbocycles. The van der Waals surface area contributed by atoms with Crippen molar-refractivity contribution in [1.82, 2.24) is 20.0 Å². The molecule has 6 nitrogen and oxygen atoms in total. The van der Waals surface area contributed by atoms with Crippen molar-refractivity contribution < 1.29 is 9.59 Å². The first-order chi connectivity index (χ1) is 7.99. The van der Waals surface area contributed by atoms with Crippen LogP contribution in [0.2, 0.25) is 0 Å². The molecule has 1 atom stereocenters. The van der Waals surface area contributed by atoms with Gasteiger partial charge in [0.2, 0.25) is 5.91 Å². The van der Waals surface area contributed by atoms with Gasteiger partial charge >= 0.3 is 6.03 Å². The zero-order valence-electron chi connectivity index (χ0n) is 10.2. The monoisotopic (exact) mass is 236 g/mol. The third-order valence-electron chi connectivity index (χ3n) is 3.42. The van der Waals surface area contributed by atoms with Crippen molar-refractivity contribution in [2.45, 2.75) is 25.3 Å². The minimum Gasteiger partial charge on any atom is -0.316 e. The normalized spacial score (nSPS) is 25.0. The Kier molecular flexibility index (Phi) is 2.65. The second-order valence-corrected chi connectivity index (χ2v) is 4.35. The third kappa shape index (κ3) is 1.69. The van der Waals surface area contributed by atoms with Crippen LogP contribution in [-0.4, -0.2) is 33.7 Å². The molecule has 1 unspecified atom stereocenters. The van der Waals surface area contributed by atoms with Gasteiger partial charge in [-0.3, -0.25) is 14.8 Å². The number of nitrogens with one attached hydrogen (secondary N) is 1. The number of aryl methyl sites for hydroxylation is 1. The molecule has 0 aliphatic carbocycles. The zero-order chi connectivity index (χ0) is 12.6. The van der Waals surface area contributed by atoms with Gasteiger partial charge in [-0.25, -0.2) is 4.79 Å². The van der Waals surface area contributed by atoms with Crippen LogP contribution in [-0.2, 0) is 17.4 Å². The van der Waals surface area contributed by atoms with Gasteiger partial charge in [0.1, 0.15) is 0 Å². The molecule has 1 aliphatic rings. The molecule has 0 bridgehead atoms. The second-order valence-electron chi connectivity index (χ2n) is 4.35. The topological polar surface area (TPSA) is 67.2 Å². The lowest BCUT2D eigenvalue weighted by Crippen LogP contribution is -2.59. The van der Waals surface area contributed by atoms with E-state index in [4.69, 9.17) is 0 Å². The summed E-state index contributed by atoms with van der Waals surface area (Å²) in [5.74, 6) is -0.249. The smallest absolute Gasteiger partial charge is 0.316 e. The van der Waals surface area contributed by atoms with Crippen LogP contribution in [0, 0.1) is 0 Å². The molecule has 2 heterocycles. The number of carbonyl (C=O) groups is 2. The van der Waals surface area contributed by atoms with Gasteiger partial charge < -0.3 is 4.90 Å². The van der Waals surface area contributed by atoms with Crippen LogP contribution < -0.4 is 5.32 Å². The highest BCUT2D eigenvalue weighted by molar-refractivity contribution is 5.97. The Hall–Kier alpha value is -1.85. The van der Waals surface area contributed by atoms with E-state index in [1.165, 1.54) is 0 Å². The molecule has 0 radical (unpaired) electrons. The maximum absolute atomic E-state index is 11.7.